The number of hydrogen-bond acceptors (Lipinski definition) is 6. The van der Waals surface area contributed by atoms with Gasteiger partial charge in [0.25, 0.3) is 0 Å². The lowest BCUT2D eigenvalue weighted by atomic mass is 10.3. The van der Waals surface area contributed by atoms with Gasteiger partial charge >= 0.3 is 5.82 Å². The molecule has 2 aromatic rings. The van der Waals surface area contributed by atoms with Crippen molar-refractivity contribution in [3.05, 3.63) is 46.7 Å². The fourth-order valence-electron chi connectivity index (χ4n) is 1.79. The van der Waals surface area contributed by atoms with Crippen LogP contribution < -0.4 is 4.74 Å². The maximum Gasteiger partial charge on any atom is 0.406 e. The zero-order valence-corrected chi connectivity index (χ0v) is 11.6. The molecule has 0 atom stereocenters. The Morgan fingerprint density at radius 3 is 2.86 bits per heavy atom. The van der Waals surface area contributed by atoms with Gasteiger partial charge in [0, 0.05) is 18.4 Å². The predicted octanol–water partition coefficient (Wildman–Crippen LogP) is 2.03. The number of Topliss-reactive ketones (excluding diaryl/α,β-unsaturated/α-hetero) is 1. The summed E-state index contributed by atoms with van der Waals surface area (Å²) in [5.41, 5.74) is 0. The van der Waals surface area contributed by atoms with Gasteiger partial charge in [-0.1, -0.05) is 0 Å². The van der Waals surface area contributed by atoms with Crippen molar-refractivity contribution in [2.75, 3.05) is 6.61 Å². The van der Waals surface area contributed by atoms with Crippen molar-refractivity contribution in [2.45, 2.75) is 19.9 Å². The quantitative estimate of drug-likeness (QED) is 0.458. The first-order valence-corrected chi connectivity index (χ1v) is 6.29. The van der Waals surface area contributed by atoms with Gasteiger partial charge in [0.15, 0.2) is 12.4 Å². The molecular formula is C13H14N4O4. The highest BCUT2D eigenvalue weighted by atomic mass is 16.6. The largest absolute Gasteiger partial charge is 0.477 e. The molecule has 0 saturated carbocycles. The van der Waals surface area contributed by atoms with Crippen molar-refractivity contribution in [3.8, 4) is 5.75 Å². The lowest BCUT2D eigenvalue weighted by molar-refractivity contribution is -0.390. The first-order chi connectivity index (χ1) is 10.0. The van der Waals surface area contributed by atoms with Crippen LogP contribution in [0.5, 0.6) is 5.75 Å². The molecule has 0 bridgehead atoms. The molecule has 0 unspecified atom stereocenters. The minimum Gasteiger partial charge on any atom is -0.477 e. The lowest BCUT2D eigenvalue weighted by Gasteiger charge is -2.10. The van der Waals surface area contributed by atoms with Gasteiger partial charge in [0.05, 0.1) is 0 Å². The highest BCUT2D eigenvalue weighted by molar-refractivity contribution is 5.94. The Bertz CT molecular complexity index is 666. The summed E-state index contributed by atoms with van der Waals surface area (Å²) < 4.78 is 6.92. The normalized spacial score (nSPS) is 10.6. The topological polar surface area (TPSA) is 100 Å². The fraction of sp³-hybridized carbons (Fsp3) is 0.308. The van der Waals surface area contributed by atoms with E-state index in [2.05, 4.69) is 9.97 Å². The third-order valence-electron chi connectivity index (χ3n) is 2.76. The van der Waals surface area contributed by atoms with Gasteiger partial charge in [-0.2, -0.15) is 0 Å². The molecule has 0 aliphatic carbocycles. The number of ether oxygens (including phenoxy) is 1. The number of carbonyl (C=O) groups is 1. The van der Waals surface area contributed by atoms with E-state index in [1.807, 2.05) is 13.8 Å². The highest BCUT2D eigenvalue weighted by Gasteiger charge is 2.19. The molecule has 8 nitrogen and oxygen atoms in total. The van der Waals surface area contributed by atoms with Crippen LogP contribution in [0.2, 0.25) is 0 Å². The maximum atomic E-state index is 12.1. The number of hydrogen-bond donors (Lipinski definition) is 0. The third kappa shape index (κ3) is 3.22. The molecule has 0 N–H and O–H groups in total. The minimum absolute atomic E-state index is 0.0431. The van der Waals surface area contributed by atoms with Gasteiger partial charge in [-0.15, -0.1) is 0 Å². The van der Waals surface area contributed by atoms with Gasteiger partial charge in [0.1, 0.15) is 6.20 Å². The van der Waals surface area contributed by atoms with E-state index in [1.165, 1.54) is 24.5 Å². The SMILES string of the molecule is CC(C)n1ccnc1C(=O)COc1cccnc1[N+](=O)[O-]. The summed E-state index contributed by atoms with van der Waals surface area (Å²) in [6.45, 7) is 3.51. The van der Waals surface area contributed by atoms with Crippen LogP contribution in [0, 0.1) is 10.1 Å². The second kappa shape index (κ2) is 6.12. The Balaban J connectivity index is 2.12. The van der Waals surface area contributed by atoms with Crippen LogP contribution in [0.3, 0.4) is 0 Å². The van der Waals surface area contributed by atoms with Crippen LogP contribution in [0.25, 0.3) is 0 Å². The van der Waals surface area contributed by atoms with Crippen LogP contribution in [-0.4, -0.2) is 31.8 Å². The van der Waals surface area contributed by atoms with E-state index in [9.17, 15) is 14.9 Å². The van der Waals surface area contributed by atoms with Gasteiger partial charge in [0.2, 0.25) is 11.5 Å². The number of carbonyl (C=O) groups excluding carboxylic acids is 1. The highest BCUT2D eigenvalue weighted by Crippen LogP contribution is 2.23. The Morgan fingerprint density at radius 2 is 2.19 bits per heavy atom. The Labute approximate surface area is 120 Å². The molecule has 0 spiro atoms. The number of ketones is 1. The number of pyridine rings is 1. The van der Waals surface area contributed by atoms with Crippen molar-refractivity contribution >= 4 is 11.6 Å². The number of imidazole rings is 1. The van der Waals surface area contributed by atoms with Crippen molar-refractivity contribution in [2.24, 2.45) is 0 Å². The summed E-state index contributed by atoms with van der Waals surface area (Å²) in [6, 6.07) is 2.98. The molecule has 0 radical (unpaired) electrons. The van der Waals surface area contributed by atoms with Crippen LogP contribution in [0.4, 0.5) is 5.82 Å². The Kier molecular flexibility index (Phi) is 4.27. The molecule has 110 valence electrons. The van der Waals surface area contributed by atoms with E-state index < -0.39 is 10.7 Å². The number of nitrogens with zero attached hydrogens (tertiary/aromatic N) is 4. The average Bonchev–Trinajstić information content (AvgIpc) is 2.94. The standard InChI is InChI=1S/C13H14N4O4/c1-9(2)16-7-6-15-12(16)10(18)8-21-11-4-3-5-14-13(11)17(19)20/h3-7,9H,8H2,1-2H3. The van der Waals surface area contributed by atoms with Crippen LogP contribution >= 0.6 is 0 Å². The summed E-state index contributed by atoms with van der Waals surface area (Å²) in [7, 11) is 0. The Morgan fingerprint density at radius 1 is 1.43 bits per heavy atom. The van der Waals surface area contributed by atoms with E-state index in [4.69, 9.17) is 4.74 Å². The fourth-order valence-corrected chi connectivity index (χ4v) is 1.79. The molecule has 2 rings (SSSR count). The van der Waals surface area contributed by atoms with Gasteiger partial charge < -0.3 is 19.4 Å². The van der Waals surface area contributed by atoms with E-state index >= 15 is 0 Å². The molecule has 21 heavy (non-hydrogen) atoms. The number of aromatic nitrogens is 3. The maximum absolute atomic E-state index is 12.1. The van der Waals surface area contributed by atoms with Crippen molar-refractivity contribution < 1.29 is 14.5 Å². The van der Waals surface area contributed by atoms with Crippen LogP contribution in [0.1, 0.15) is 30.5 Å². The zero-order valence-electron chi connectivity index (χ0n) is 11.6. The molecule has 0 aromatic carbocycles. The van der Waals surface area contributed by atoms with Crippen molar-refractivity contribution in [1.82, 2.24) is 14.5 Å². The molecule has 0 amide bonds. The molecule has 8 heteroatoms. The molecule has 0 fully saturated rings. The van der Waals surface area contributed by atoms with Gasteiger partial charge in [-0.05, 0) is 35.9 Å². The van der Waals surface area contributed by atoms with E-state index in [0.717, 1.165) is 0 Å². The smallest absolute Gasteiger partial charge is 0.406 e. The first kappa shape index (κ1) is 14.6. The molecule has 0 saturated heterocycles. The van der Waals surface area contributed by atoms with Crippen LogP contribution in [-0.2, 0) is 0 Å². The van der Waals surface area contributed by atoms with Crippen molar-refractivity contribution in [1.29, 1.82) is 0 Å². The third-order valence-corrected chi connectivity index (χ3v) is 2.76. The zero-order chi connectivity index (χ0) is 15.4. The van der Waals surface area contributed by atoms with Gasteiger partial charge in [-0.3, -0.25) is 4.79 Å². The molecule has 0 aliphatic heterocycles. The molecule has 0 aliphatic rings. The van der Waals surface area contributed by atoms with Crippen molar-refractivity contribution in [3.63, 3.8) is 0 Å². The minimum atomic E-state index is -0.658. The number of nitro groups is 1. The first-order valence-electron chi connectivity index (χ1n) is 6.29. The van der Waals surface area contributed by atoms with E-state index in [-0.39, 0.29) is 30.0 Å². The molecule has 2 aromatic heterocycles. The second-order valence-electron chi connectivity index (χ2n) is 4.55. The summed E-state index contributed by atoms with van der Waals surface area (Å²) in [6.07, 6.45) is 4.52. The van der Waals surface area contributed by atoms with E-state index in [1.54, 1.807) is 10.8 Å². The van der Waals surface area contributed by atoms with Crippen LogP contribution in [0.15, 0.2) is 30.7 Å². The van der Waals surface area contributed by atoms with E-state index in [0.29, 0.717) is 0 Å². The second-order valence-corrected chi connectivity index (χ2v) is 4.55. The average molecular weight is 290 g/mol. The monoisotopic (exact) mass is 290 g/mol. The van der Waals surface area contributed by atoms with Gasteiger partial charge in [-0.25, -0.2) is 4.98 Å². The summed E-state index contributed by atoms with van der Waals surface area (Å²) >= 11 is 0. The summed E-state index contributed by atoms with van der Waals surface area (Å²) in [4.78, 5) is 29.8. The molecular weight excluding hydrogens is 276 g/mol. The summed E-state index contributed by atoms with van der Waals surface area (Å²) in [5.74, 6) is -0.556. The Hall–Kier alpha value is -2.77. The summed E-state index contributed by atoms with van der Waals surface area (Å²) in [5, 5.41) is 10.8. The predicted molar refractivity (Wildman–Crippen MR) is 73.3 cm³/mol. The molecule has 2 heterocycles. The lowest BCUT2D eigenvalue weighted by Crippen LogP contribution is -2.18. The number of rotatable bonds is 6.